The molecular weight excluding hydrogens is 196 g/mol. The van der Waals surface area contributed by atoms with Gasteiger partial charge in [0.2, 0.25) is 0 Å². The average molecular weight is 222 g/mol. The van der Waals surface area contributed by atoms with E-state index >= 15 is 0 Å². The lowest BCUT2D eigenvalue weighted by Crippen LogP contribution is -2.00. The first kappa shape index (κ1) is 17.1. The van der Waals surface area contributed by atoms with Crippen LogP contribution in [0.3, 0.4) is 0 Å². The Bertz CT molecular complexity index is 270. The van der Waals surface area contributed by atoms with Crippen molar-refractivity contribution in [3.8, 4) is 0 Å². The Morgan fingerprint density at radius 1 is 1.12 bits per heavy atom. The topological polar surface area (TPSA) is 17.8 Å². The molecule has 0 atom stereocenters. The lowest BCUT2D eigenvalue weighted by Gasteiger charge is -2.02. The SMILES string of the molecule is C=Cc1cn(C(C)C)nc1C=C.CC.CC. The van der Waals surface area contributed by atoms with Crippen LogP contribution in [0.25, 0.3) is 12.2 Å². The van der Waals surface area contributed by atoms with Crippen molar-refractivity contribution in [2.75, 3.05) is 0 Å². The van der Waals surface area contributed by atoms with Crippen LogP contribution in [0.15, 0.2) is 19.4 Å². The highest BCUT2D eigenvalue weighted by atomic mass is 15.3. The molecule has 0 N–H and O–H groups in total. The van der Waals surface area contributed by atoms with Crippen molar-refractivity contribution in [3.63, 3.8) is 0 Å². The van der Waals surface area contributed by atoms with Crippen LogP contribution >= 0.6 is 0 Å². The zero-order valence-corrected chi connectivity index (χ0v) is 11.6. The molecule has 1 heterocycles. The summed E-state index contributed by atoms with van der Waals surface area (Å²) < 4.78 is 1.91. The van der Waals surface area contributed by atoms with Gasteiger partial charge < -0.3 is 0 Å². The molecule has 0 saturated carbocycles. The van der Waals surface area contributed by atoms with Crippen molar-refractivity contribution >= 4 is 12.2 Å². The molecule has 1 aromatic heterocycles. The summed E-state index contributed by atoms with van der Waals surface area (Å²) in [6.07, 6.45) is 5.52. The van der Waals surface area contributed by atoms with E-state index in [4.69, 9.17) is 0 Å². The third-order valence-electron chi connectivity index (χ3n) is 1.73. The number of hydrogen-bond donors (Lipinski definition) is 0. The zero-order valence-electron chi connectivity index (χ0n) is 11.6. The van der Waals surface area contributed by atoms with Crippen molar-refractivity contribution < 1.29 is 0 Å². The smallest absolute Gasteiger partial charge is 0.0917 e. The highest BCUT2D eigenvalue weighted by Crippen LogP contribution is 2.12. The summed E-state index contributed by atoms with van der Waals surface area (Å²) in [5.74, 6) is 0. The minimum Gasteiger partial charge on any atom is -0.269 e. The second-order valence-corrected chi connectivity index (χ2v) is 2.95. The highest BCUT2D eigenvalue weighted by Gasteiger charge is 2.04. The van der Waals surface area contributed by atoms with Gasteiger partial charge in [-0.15, -0.1) is 0 Å². The molecule has 0 spiro atoms. The second-order valence-electron chi connectivity index (χ2n) is 2.95. The molecule has 0 aromatic carbocycles. The third-order valence-corrected chi connectivity index (χ3v) is 1.73. The van der Waals surface area contributed by atoms with Crippen molar-refractivity contribution in [2.24, 2.45) is 0 Å². The summed E-state index contributed by atoms with van der Waals surface area (Å²) in [6, 6.07) is 0.386. The van der Waals surface area contributed by atoms with E-state index in [1.54, 1.807) is 12.2 Å². The fraction of sp³-hybridized carbons (Fsp3) is 0.500. The van der Waals surface area contributed by atoms with E-state index < -0.39 is 0 Å². The Balaban J connectivity index is 0. The molecule has 0 amide bonds. The summed E-state index contributed by atoms with van der Waals surface area (Å²) in [5.41, 5.74) is 1.94. The highest BCUT2D eigenvalue weighted by molar-refractivity contribution is 5.59. The van der Waals surface area contributed by atoms with Gasteiger partial charge in [0.15, 0.2) is 0 Å². The monoisotopic (exact) mass is 222 g/mol. The van der Waals surface area contributed by atoms with Crippen molar-refractivity contribution in [2.45, 2.75) is 47.6 Å². The lowest BCUT2D eigenvalue weighted by atomic mass is 10.2. The first-order valence-electron chi connectivity index (χ1n) is 6.03. The van der Waals surface area contributed by atoms with Gasteiger partial charge in [0, 0.05) is 17.8 Å². The molecule has 0 aliphatic carbocycles. The van der Waals surface area contributed by atoms with E-state index in [1.165, 1.54) is 0 Å². The molecule has 0 saturated heterocycles. The Kier molecular flexibility index (Phi) is 10.9. The van der Waals surface area contributed by atoms with Crippen LogP contribution in [0.1, 0.15) is 58.8 Å². The molecule has 0 aliphatic rings. The Morgan fingerprint density at radius 3 is 1.88 bits per heavy atom. The normalized spacial score (nSPS) is 8.44. The van der Waals surface area contributed by atoms with Gasteiger partial charge in [0.25, 0.3) is 0 Å². The van der Waals surface area contributed by atoms with Gasteiger partial charge in [-0.05, 0) is 19.9 Å². The van der Waals surface area contributed by atoms with E-state index in [-0.39, 0.29) is 0 Å². The zero-order chi connectivity index (χ0) is 13.1. The number of rotatable bonds is 3. The molecule has 2 nitrogen and oxygen atoms in total. The molecule has 0 fully saturated rings. The summed E-state index contributed by atoms with van der Waals surface area (Å²) in [6.45, 7) is 19.6. The van der Waals surface area contributed by atoms with E-state index in [0.29, 0.717) is 6.04 Å². The average Bonchev–Trinajstić information content (AvgIpc) is 2.77. The van der Waals surface area contributed by atoms with Crippen molar-refractivity contribution in [3.05, 3.63) is 30.6 Å². The molecule has 1 aromatic rings. The molecule has 2 heteroatoms. The maximum absolute atomic E-state index is 4.33. The number of aromatic nitrogens is 2. The summed E-state index contributed by atoms with van der Waals surface area (Å²) in [7, 11) is 0. The third kappa shape index (κ3) is 4.96. The van der Waals surface area contributed by atoms with Crippen LogP contribution in [-0.2, 0) is 0 Å². The van der Waals surface area contributed by atoms with Crippen LogP contribution in [-0.4, -0.2) is 9.78 Å². The minimum atomic E-state index is 0.386. The van der Waals surface area contributed by atoms with E-state index in [9.17, 15) is 0 Å². The van der Waals surface area contributed by atoms with Gasteiger partial charge in [-0.2, -0.15) is 5.10 Å². The number of nitrogens with zero attached hydrogens (tertiary/aromatic N) is 2. The van der Waals surface area contributed by atoms with Gasteiger partial charge in [0.1, 0.15) is 0 Å². The summed E-state index contributed by atoms with van der Waals surface area (Å²) in [5, 5.41) is 4.33. The molecule has 0 aliphatic heterocycles. The fourth-order valence-electron chi connectivity index (χ4n) is 1.00. The van der Waals surface area contributed by atoms with Gasteiger partial charge >= 0.3 is 0 Å². The Labute approximate surface area is 101 Å². The quantitative estimate of drug-likeness (QED) is 0.718. The van der Waals surface area contributed by atoms with Crippen LogP contribution < -0.4 is 0 Å². The molecule has 0 bridgehead atoms. The standard InChI is InChI=1S/C10H14N2.2C2H6/c1-5-9-7-12(8(3)4)11-10(9)6-2;2*1-2/h5-8H,1-2H2,3-4H3;2*1-2H3. The van der Waals surface area contributed by atoms with Crippen LogP contribution in [0.4, 0.5) is 0 Å². The van der Waals surface area contributed by atoms with E-state index in [0.717, 1.165) is 11.3 Å². The first-order chi connectivity index (χ1) is 7.69. The second kappa shape index (κ2) is 10.2. The van der Waals surface area contributed by atoms with Gasteiger partial charge in [0.05, 0.1) is 5.69 Å². The molecular formula is C14H26N2. The van der Waals surface area contributed by atoms with Crippen LogP contribution in [0, 0.1) is 0 Å². The van der Waals surface area contributed by atoms with Crippen LogP contribution in [0.5, 0.6) is 0 Å². The fourth-order valence-corrected chi connectivity index (χ4v) is 1.00. The van der Waals surface area contributed by atoms with Gasteiger partial charge in [-0.25, -0.2) is 0 Å². The van der Waals surface area contributed by atoms with Crippen molar-refractivity contribution in [1.29, 1.82) is 0 Å². The molecule has 92 valence electrons. The largest absolute Gasteiger partial charge is 0.269 e. The number of hydrogen-bond acceptors (Lipinski definition) is 1. The minimum absolute atomic E-state index is 0.386. The summed E-state index contributed by atoms with van der Waals surface area (Å²) >= 11 is 0. The molecule has 1 rings (SSSR count). The maximum atomic E-state index is 4.33. The van der Waals surface area contributed by atoms with E-state index in [2.05, 4.69) is 32.1 Å². The van der Waals surface area contributed by atoms with Gasteiger partial charge in [-0.1, -0.05) is 46.9 Å². The van der Waals surface area contributed by atoms with Crippen LogP contribution in [0.2, 0.25) is 0 Å². The Hall–Kier alpha value is -1.31. The van der Waals surface area contributed by atoms with Crippen molar-refractivity contribution in [1.82, 2.24) is 9.78 Å². The first-order valence-corrected chi connectivity index (χ1v) is 6.03. The predicted molar refractivity (Wildman–Crippen MR) is 75.5 cm³/mol. The Morgan fingerprint density at radius 2 is 1.62 bits per heavy atom. The maximum Gasteiger partial charge on any atom is 0.0917 e. The molecule has 0 radical (unpaired) electrons. The van der Waals surface area contributed by atoms with E-state index in [1.807, 2.05) is 38.6 Å². The lowest BCUT2D eigenvalue weighted by molar-refractivity contribution is 0.531. The summed E-state index contributed by atoms with van der Waals surface area (Å²) in [4.78, 5) is 0. The molecule has 0 unspecified atom stereocenters. The van der Waals surface area contributed by atoms with Gasteiger partial charge in [-0.3, -0.25) is 4.68 Å². The predicted octanol–water partition coefficient (Wildman–Crippen LogP) is 4.80. The molecule has 16 heavy (non-hydrogen) atoms.